The van der Waals surface area contributed by atoms with Crippen molar-refractivity contribution in [3.05, 3.63) is 119 Å². The zero-order chi connectivity index (χ0) is 25.4. The smallest absolute Gasteiger partial charge is 0.206 e. The van der Waals surface area contributed by atoms with Gasteiger partial charge in [-0.1, -0.05) is 76.2 Å². The Kier molecular flexibility index (Phi) is 6.24. The number of nitrogen functional groups attached to an aromatic ring is 2. The number of nitrogens with two attached hydrogens (primary N) is 2. The van der Waals surface area contributed by atoms with E-state index in [-0.39, 0.29) is 20.6 Å². The van der Waals surface area contributed by atoms with Crippen molar-refractivity contribution in [3.8, 4) is 0 Å². The Labute approximate surface area is 208 Å². The summed E-state index contributed by atoms with van der Waals surface area (Å²) in [6.45, 7) is 8.46. The zero-order valence-electron chi connectivity index (χ0n) is 20.6. The van der Waals surface area contributed by atoms with Crippen molar-refractivity contribution in [2.24, 2.45) is 0 Å². The summed E-state index contributed by atoms with van der Waals surface area (Å²) in [4.78, 5) is 0.555. The molecule has 0 unspecified atom stereocenters. The Hall–Kier alpha value is -3.57. The Morgan fingerprint density at radius 2 is 0.686 bits per heavy atom. The molecule has 0 aliphatic heterocycles. The lowest BCUT2D eigenvalue weighted by molar-refractivity contribution is 0.594. The maximum absolute atomic E-state index is 13.3. The number of sulfone groups is 1. The fourth-order valence-corrected chi connectivity index (χ4v) is 5.63. The molecule has 0 fully saturated rings. The maximum Gasteiger partial charge on any atom is 0.206 e. The van der Waals surface area contributed by atoms with E-state index < -0.39 is 9.84 Å². The molecule has 0 aromatic heterocycles. The molecule has 4 N–H and O–H groups in total. The van der Waals surface area contributed by atoms with Gasteiger partial charge in [-0.25, -0.2) is 8.42 Å². The zero-order valence-corrected chi connectivity index (χ0v) is 21.4. The van der Waals surface area contributed by atoms with Crippen LogP contribution >= 0.6 is 0 Å². The summed E-state index contributed by atoms with van der Waals surface area (Å²) in [6, 6.07) is 29.9. The van der Waals surface area contributed by atoms with Crippen LogP contribution in [0.2, 0.25) is 0 Å². The molecular formula is C30H32N2O2S. The van der Waals surface area contributed by atoms with Gasteiger partial charge in [0, 0.05) is 22.2 Å². The van der Waals surface area contributed by atoms with E-state index in [1.54, 1.807) is 24.3 Å². The standard InChI is InChI=1S/C30H32N2O2S/c1-29(2,21-5-13-25(31)14-6-21)23-9-17-27(18-10-23)35(33,34)28-19-11-24(12-20-28)30(3,4)22-7-15-26(32)16-8-22/h5-20H,31-32H2,1-4H3. The van der Waals surface area contributed by atoms with Crippen LogP contribution in [0.5, 0.6) is 0 Å². The highest BCUT2D eigenvalue weighted by atomic mass is 32.2. The van der Waals surface area contributed by atoms with Crippen LogP contribution in [0.15, 0.2) is 107 Å². The normalized spacial score (nSPS) is 12.5. The van der Waals surface area contributed by atoms with E-state index >= 15 is 0 Å². The van der Waals surface area contributed by atoms with Gasteiger partial charge < -0.3 is 11.5 Å². The molecule has 0 atom stereocenters. The number of rotatable bonds is 6. The van der Waals surface area contributed by atoms with Gasteiger partial charge in [0.15, 0.2) is 0 Å². The molecule has 0 aliphatic rings. The highest BCUT2D eigenvalue weighted by molar-refractivity contribution is 7.91. The molecule has 0 amide bonds. The van der Waals surface area contributed by atoms with Crippen LogP contribution < -0.4 is 11.5 Å². The molecule has 0 aliphatic carbocycles. The molecule has 0 saturated carbocycles. The van der Waals surface area contributed by atoms with Crippen LogP contribution in [0.3, 0.4) is 0 Å². The van der Waals surface area contributed by atoms with Crippen molar-refractivity contribution in [1.29, 1.82) is 0 Å². The van der Waals surface area contributed by atoms with Crippen LogP contribution in [-0.2, 0) is 20.7 Å². The quantitative estimate of drug-likeness (QED) is 0.313. The minimum atomic E-state index is -3.64. The molecule has 4 aromatic carbocycles. The van der Waals surface area contributed by atoms with E-state index in [4.69, 9.17) is 11.5 Å². The Bertz CT molecular complexity index is 1310. The van der Waals surface area contributed by atoms with Gasteiger partial charge in [-0.2, -0.15) is 0 Å². The molecule has 4 aromatic rings. The lowest BCUT2D eigenvalue weighted by Gasteiger charge is -2.27. The minimum Gasteiger partial charge on any atom is -0.399 e. The van der Waals surface area contributed by atoms with Gasteiger partial charge in [0.25, 0.3) is 0 Å². The number of benzene rings is 4. The Balaban J connectivity index is 1.60. The molecule has 0 saturated heterocycles. The van der Waals surface area contributed by atoms with Crippen molar-refractivity contribution in [2.75, 3.05) is 11.5 Å². The first-order valence-corrected chi connectivity index (χ1v) is 13.1. The molecule has 5 heteroatoms. The second-order valence-electron chi connectivity index (χ2n) is 10.0. The predicted molar refractivity (Wildman–Crippen MR) is 144 cm³/mol. The van der Waals surface area contributed by atoms with Gasteiger partial charge in [-0.3, -0.25) is 0 Å². The summed E-state index contributed by atoms with van der Waals surface area (Å²) < 4.78 is 26.7. The molecule has 180 valence electrons. The molecule has 4 nitrogen and oxygen atoms in total. The van der Waals surface area contributed by atoms with Crippen LogP contribution in [0.25, 0.3) is 0 Å². The molecule has 0 radical (unpaired) electrons. The average Bonchev–Trinajstić information content (AvgIpc) is 2.85. The summed E-state index contributed by atoms with van der Waals surface area (Å²) >= 11 is 0. The van der Waals surface area contributed by atoms with Crippen molar-refractivity contribution in [3.63, 3.8) is 0 Å². The molecular weight excluding hydrogens is 452 g/mol. The second kappa shape index (κ2) is 8.90. The van der Waals surface area contributed by atoms with E-state index in [1.165, 1.54) is 0 Å². The van der Waals surface area contributed by atoms with Crippen molar-refractivity contribution >= 4 is 21.2 Å². The third-order valence-corrected chi connectivity index (χ3v) is 8.82. The van der Waals surface area contributed by atoms with Crippen LogP contribution in [0.1, 0.15) is 49.9 Å². The lowest BCUT2D eigenvalue weighted by Crippen LogP contribution is -2.19. The summed E-state index contributed by atoms with van der Waals surface area (Å²) in [5.74, 6) is 0. The summed E-state index contributed by atoms with van der Waals surface area (Å²) in [6.07, 6.45) is 0. The molecule has 0 heterocycles. The largest absolute Gasteiger partial charge is 0.399 e. The van der Waals surface area contributed by atoms with Gasteiger partial charge in [0.1, 0.15) is 0 Å². The fourth-order valence-electron chi connectivity index (χ4n) is 4.37. The summed E-state index contributed by atoms with van der Waals surface area (Å²) in [5, 5.41) is 0. The molecule has 0 spiro atoms. The predicted octanol–water partition coefficient (Wildman–Crippen LogP) is 6.34. The maximum atomic E-state index is 13.3. The Morgan fingerprint density at radius 1 is 0.457 bits per heavy atom. The number of anilines is 2. The first-order valence-electron chi connectivity index (χ1n) is 11.6. The highest BCUT2D eigenvalue weighted by Crippen LogP contribution is 2.35. The average molecular weight is 485 g/mol. The topological polar surface area (TPSA) is 86.2 Å². The SMILES string of the molecule is CC(C)(c1ccc(N)cc1)c1ccc(S(=O)(=O)c2ccc(C(C)(C)c3ccc(N)cc3)cc2)cc1. The van der Waals surface area contributed by atoms with Crippen LogP contribution in [0, 0.1) is 0 Å². The monoisotopic (exact) mass is 484 g/mol. The fraction of sp³-hybridized carbons (Fsp3) is 0.200. The molecule has 35 heavy (non-hydrogen) atoms. The van der Waals surface area contributed by atoms with E-state index in [1.807, 2.05) is 72.8 Å². The van der Waals surface area contributed by atoms with E-state index in [0.717, 1.165) is 22.3 Å². The lowest BCUT2D eigenvalue weighted by atomic mass is 9.78. The Morgan fingerprint density at radius 3 is 0.943 bits per heavy atom. The van der Waals surface area contributed by atoms with E-state index in [9.17, 15) is 8.42 Å². The first-order chi connectivity index (χ1) is 16.4. The highest BCUT2D eigenvalue weighted by Gasteiger charge is 2.26. The van der Waals surface area contributed by atoms with Gasteiger partial charge >= 0.3 is 0 Å². The van der Waals surface area contributed by atoms with Crippen molar-refractivity contribution in [1.82, 2.24) is 0 Å². The number of hydrogen-bond donors (Lipinski definition) is 2. The first kappa shape index (κ1) is 24.6. The van der Waals surface area contributed by atoms with E-state index in [0.29, 0.717) is 11.4 Å². The van der Waals surface area contributed by atoms with Crippen LogP contribution in [-0.4, -0.2) is 8.42 Å². The third-order valence-electron chi connectivity index (χ3n) is 7.04. The van der Waals surface area contributed by atoms with Crippen LogP contribution in [0.4, 0.5) is 11.4 Å². The third kappa shape index (κ3) is 4.69. The van der Waals surface area contributed by atoms with Gasteiger partial charge in [0.05, 0.1) is 9.79 Å². The van der Waals surface area contributed by atoms with Crippen molar-refractivity contribution < 1.29 is 8.42 Å². The molecule has 0 bridgehead atoms. The second-order valence-corrected chi connectivity index (χ2v) is 12.0. The van der Waals surface area contributed by atoms with Gasteiger partial charge in [-0.05, 0) is 70.8 Å². The molecule has 4 rings (SSSR count). The minimum absolute atomic E-state index is 0.278. The van der Waals surface area contributed by atoms with E-state index in [2.05, 4.69) is 27.7 Å². The summed E-state index contributed by atoms with van der Waals surface area (Å²) in [5.41, 5.74) is 16.8. The van der Waals surface area contributed by atoms with Gasteiger partial charge in [-0.15, -0.1) is 0 Å². The number of hydrogen-bond acceptors (Lipinski definition) is 4. The van der Waals surface area contributed by atoms with Crippen molar-refractivity contribution in [2.45, 2.75) is 48.3 Å². The van der Waals surface area contributed by atoms with Gasteiger partial charge in [0.2, 0.25) is 9.84 Å². The summed E-state index contributed by atoms with van der Waals surface area (Å²) in [7, 11) is -3.64.